The fraction of sp³-hybridized carbons (Fsp3) is 0.919. The summed E-state index contributed by atoms with van der Waals surface area (Å²) >= 11 is 0. The smallest absolute Gasteiger partial charge is 0.307 e. The molecule has 0 aromatic carbocycles. The molecule has 0 spiro atoms. The van der Waals surface area contributed by atoms with Crippen LogP contribution in [0.15, 0.2) is 11.6 Å². The van der Waals surface area contributed by atoms with Crippen LogP contribution in [0.1, 0.15) is 108 Å². The summed E-state index contributed by atoms with van der Waals surface area (Å²) in [6.45, 7) is 24.5. The Morgan fingerprint density at radius 3 is 2.35 bits per heavy atom. The zero-order valence-corrected chi connectivity index (χ0v) is 29.2. The van der Waals surface area contributed by atoms with Gasteiger partial charge in [-0.1, -0.05) is 74.0 Å². The van der Waals surface area contributed by atoms with E-state index in [0.29, 0.717) is 42.8 Å². The number of ether oxygens (including phenoxy) is 3. The van der Waals surface area contributed by atoms with Gasteiger partial charge in [0.2, 0.25) is 0 Å². The van der Waals surface area contributed by atoms with Gasteiger partial charge in [0.25, 0.3) is 0 Å². The lowest BCUT2D eigenvalue weighted by Gasteiger charge is -2.71. The molecule has 3 saturated carbocycles. The SMILES string of the molecule is COC1C[C@@]23COC[C@](C)([C@@H]2CC[C@H]2C3=CC[C@@]3(C)[C@H](C(=O)O)[C@@](C)([C@H](C)C(C)C)CC[C@]23C)[C@H]1OC[C@](C)(N)C(C)C. The van der Waals surface area contributed by atoms with Crippen molar-refractivity contribution >= 4 is 5.97 Å². The first-order valence-corrected chi connectivity index (χ1v) is 17.3. The van der Waals surface area contributed by atoms with E-state index in [1.54, 1.807) is 5.57 Å². The minimum atomic E-state index is -0.605. The topological polar surface area (TPSA) is 91.0 Å². The summed E-state index contributed by atoms with van der Waals surface area (Å²) in [5, 5.41) is 10.9. The summed E-state index contributed by atoms with van der Waals surface area (Å²) < 4.78 is 19.7. The van der Waals surface area contributed by atoms with Crippen LogP contribution in [-0.2, 0) is 19.0 Å². The third-order valence-corrected chi connectivity index (χ3v) is 15.3. The monoisotopic (exact) mass is 601 g/mol. The van der Waals surface area contributed by atoms with E-state index in [2.05, 4.69) is 75.3 Å². The normalized spacial score (nSPS) is 48.0. The number of carboxylic acids is 1. The second-order valence-corrected chi connectivity index (χ2v) is 17.7. The van der Waals surface area contributed by atoms with Crippen LogP contribution in [0.4, 0.5) is 0 Å². The molecule has 4 fully saturated rings. The maximum atomic E-state index is 13.3. The quantitative estimate of drug-likeness (QED) is 0.283. The fourth-order valence-electron chi connectivity index (χ4n) is 11.5. The van der Waals surface area contributed by atoms with Crippen LogP contribution in [0.5, 0.6) is 0 Å². The number of rotatable bonds is 8. The molecule has 246 valence electrons. The van der Waals surface area contributed by atoms with E-state index < -0.39 is 11.5 Å². The number of nitrogens with two attached hydrogens (primary N) is 1. The Labute approximate surface area is 262 Å². The van der Waals surface area contributed by atoms with Crippen LogP contribution in [0.3, 0.4) is 0 Å². The first-order valence-electron chi connectivity index (χ1n) is 17.3. The molecule has 0 aromatic heterocycles. The van der Waals surface area contributed by atoms with Crippen molar-refractivity contribution in [3.05, 3.63) is 11.6 Å². The van der Waals surface area contributed by atoms with Gasteiger partial charge >= 0.3 is 5.97 Å². The van der Waals surface area contributed by atoms with Gasteiger partial charge in [-0.2, -0.15) is 0 Å². The third kappa shape index (κ3) is 4.57. The molecule has 3 N–H and O–H groups in total. The fourth-order valence-corrected chi connectivity index (χ4v) is 11.5. The average molecular weight is 602 g/mol. The molecular formula is C37H63NO5. The Bertz CT molecular complexity index is 1120. The van der Waals surface area contributed by atoms with E-state index in [9.17, 15) is 9.90 Å². The lowest BCUT2D eigenvalue weighted by Crippen LogP contribution is -2.70. The molecule has 1 heterocycles. The van der Waals surface area contributed by atoms with Gasteiger partial charge in [0.1, 0.15) is 0 Å². The summed E-state index contributed by atoms with van der Waals surface area (Å²) in [5.74, 6) is 0.907. The number of fused-ring (bicyclic) bond motifs is 3. The van der Waals surface area contributed by atoms with Crippen molar-refractivity contribution in [2.75, 3.05) is 26.9 Å². The molecule has 5 rings (SSSR count). The predicted octanol–water partition coefficient (Wildman–Crippen LogP) is 7.35. The Morgan fingerprint density at radius 2 is 1.77 bits per heavy atom. The molecule has 6 nitrogen and oxygen atoms in total. The Hall–Kier alpha value is -0.950. The second-order valence-electron chi connectivity index (χ2n) is 17.7. The Kier molecular flexibility index (Phi) is 8.40. The number of aliphatic carboxylic acids is 1. The summed E-state index contributed by atoms with van der Waals surface area (Å²) in [4.78, 5) is 13.3. The van der Waals surface area contributed by atoms with Crippen LogP contribution >= 0.6 is 0 Å². The Morgan fingerprint density at radius 1 is 1.09 bits per heavy atom. The zero-order chi connectivity index (χ0) is 32.0. The van der Waals surface area contributed by atoms with E-state index in [-0.39, 0.29) is 45.2 Å². The predicted molar refractivity (Wildman–Crippen MR) is 172 cm³/mol. The highest BCUT2D eigenvalue weighted by molar-refractivity contribution is 5.73. The van der Waals surface area contributed by atoms with Gasteiger partial charge in [0.15, 0.2) is 0 Å². The van der Waals surface area contributed by atoms with Crippen molar-refractivity contribution in [1.82, 2.24) is 0 Å². The largest absolute Gasteiger partial charge is 0.481 e. The number of methoxy groups -OCH3 is 1. The average Bonchev–Trinajstić information content (AvgIpc) is 2.91. The lowest BCUT2D eigenvalue weighted by molar-refractivity contribution is -0.269. The molecule has 1 aliphatic heterocycles. The van der Waals surface area contributed by atoms with Crippen molar-refractivity contribution in [2.24, 2.45) is 68.3 Å². The molecule has 1 unspecified atom stereocenters. The van der Waals surface area contributed by atoms with Gasteiger partial charge in [-0.05, 0) is 91.3 Å². The van der Waals surface area contributed by atoms with Gasteiger partial charge in [-0.15, -0.1) is 0 Å². The molecule has 0 aromatic rings. The zero-order valence-electron chi connectivity index (χ0n) is 29.2. The molecule has 0 amide bonds. The number of carbonyl (C=O) groups is 1. The van der Waals surface area contributed by atoms with Gasteiger partial charge in [-0.3, -0.25) is 4.79 Å². The highest BCUT2D eigenvalue weighted by Crippen LogP contribution is 2.75. The third-order valence-electron chi connectivity index (χ3n) is 15.3. The summed E-state index contributed by atoms with van der Waals surface area (Å²) in [7, 11) is 1.84. The highest BCUT2D eigenvalue weighted by Gasteiger charge is 2.71. The van der Waals surface area contributed by atoms with Crippen LogP contribution in [0, 0.1) is 62.6 Å². The first-order chi connectivity index (χ1) is 19.9. The van der Waals surface area contributed by atoms with Crippen LogP contribution in [0.2, 0.25) is 0 Å². The minimum absolute atomic E-state index is 0.0396. The minimum Gasteiger partial charge on any atom is -0.481 e. The maximum absolute atomic E-state index is 13.3. The van der Waals surface area contributed by atoms with Crippen molar-refractivity contribution in [1.29, 1.82) is 0 Å². The number of allylic oxidation sites excluding steroid dienone is 1. The van der Waals surface area contributed by atoms with E-state index in [4.69, 9.17) is 19.9 Å². The van der Waals surface area contributed by atoms with Gasteiger partial charge < -0.3 is 25.1 Å². The van der Waals surface area contributed by atoms with E-state index in [1.165, 1.54) is 0 Å². The summed E-state index contributed by atoms with van der Waals surface area (Å²) in [6.07, 6.45) is 8.36. The van der Waals surface area contributed by atoms with E-state index >= 15 is 0 Å². The highest BCUT2D eigenvalue weighted by atomic mass is 16.5. The molecule has 1 saturated heterocycles. The van der Waals surface area contributed by atoms with Crippen LogP contribution < -0.4 is 5.73 Å². The maximum Gasteiger partial charge on any atom is 0.307 e. The van der Waals surface area contributed by atoms with Crippen LogP contribution in [0.25, 0.3) is 0 Å². The van der Waals surface area contributed by atoms with E-state index in [1.807, 2.05) is 7.11 Å². The summed E-state index contributed by atoms with van der Waals surface area (Å²) in [5.41, 5.74) is 6.91. The molecule has 4 aliphatic carbocycles. The molecule has 6 heteroatoms. The molecular weight excluding hydrogens is 538 g/mol. The first kappa shape index (κ1) is 33.4. The molecule has 2 bridgehead atoms. The standard InChI is InChI=1S/C37H63NO5/c1-22(2)24(5)32(6)16-17-34(8)25-12-13-28-33(7)19-42-21-37(28,26(25)14-15-35(34,9)29(32)31(39)40)18-27(41-11)30(33)43-20-36(10,38)23(3)4/h14,22-25,27-30H,12-13,15-21,38H2,1-11H3,(H,39,40)/t24-,25+,27?,28+,29-,30+,32-,33-,34-,35+,36+,37+/m1/s1. The van der Waals surface area contributed by atoms with Crippen LogP contribution in [-0.4, -0.2) is 55.8 Å². The van der Waals surface area contributed by atoms with Crippen molar-refractivity contribution in [3.8, 4) is 0 Å². The van der Waals surface area contributed by atoms with Crippen molar-refractivity contribution in [3.63, 3.8) is 0 Å². The Balaban J connectivity index is 1.55. The van der Waals surface area contributed by atoms with Gasteiger partial charge in [-0.25, -0.2) is 0 Å². The number of hydrogen-bond acceptors (Lipinski definition) is 5. The molecule has 12 atom stereocenters. The van der Waals surface area contributed by atoms with Crippen molar-refractivity contribution in [2.45, 2.75) is 126 Å². The lowest BCUT2D eigenvalue weighted by atomic mass is 9.34. The molecule has 43 heavy (non-hydrogen) atoms. The van der Waals surface area contributed by atoms with E-state index in [0.717, 1.165) is 45.1 Å². The van der Waals surface area contributed by atoms with Gasteiger partial charge in [0, 0.05) is 23.5 Å². The van der Waals surface area contributed by atoms with Crippen molar-refractivity contribution < 1.29 is 24.1 Å². The number of carboxylic acid groups (broad SMARTS) is 1. The van der Waals surface area contributed by atoms with Gasteiger partial charge in [0.05, 0.1) is 37.9 Å². The molecule has 0 radical (unpaired) electrons. The molecule has 5 aliphatic rings. The number of hydrogen-bond donors (Lipinski definition) is 2. The summed E-state index contributed by atoms with van der Waals surface area (Å²) in [6, 6.07) is 0. The second kappa shape index (κ2) is 10.8.